The van der Waals surface area contributed by atoms with E-state index in [1.807, 2.05) is 25.1 Å². The van der Waals surface area contributed by atoms with Crippen LogP contribution >= 0.6 is 0 Å². The molecule has 13 heavy (non-hydrogen) atoms. The summed E-state index contributed by atoms with van der Waals surface area (Å²) in [5, 5.41) is 17.9. The van der Waals surface area contributed by atoms with Crippen molar-refractivity contribution in [1.82, 2.24) is 0 Å². The number of hydrogen-bond donors (Lipinski definition) is 3. The average Bonchev–Trinajstić information content (AvgIpc) is 2.08. The third-order valence-electron chi connectivity index (χ3n) is 1.80. The van der Waals surface area contributed by atoms with Crippen molar-refractivity contribution < 1.29 is 10.0 Å². The number of anilines is 1. The number of nitrogens with two attached hydrogens (primary N) is 1. The lowest BCUT2D eigenvalue weighted by Crippen LogP contribution is -2.32. The Labute approximate surface area is 77.7 Å². The van der Waals surface area contributed by atoms with Crippen molar-refractivity contribution in [3.8, 4) is 0 Å². The second-order valence-corrected chi connectivity index (χ2v) is 2.72. The van der Waals surface area contributed by atoms with E-state index < -0.39 is 7.12 Å². The molecule has 4 heteroatoms. The first kappa shape index (κ1) is 9.83. The number of hydrogen-bond acceptors (Lipinski definition) is 3. The Kier molecular flexibility index (Phi) is 3.11. The van der Waals surface area contributed by atoms with Crippen molar-refractivity contribution in [3.05, 3.63) is 29.8 Å². The number of benzene rings is 1. The van der Waals surface area contributed by atoms with Gasteiger partial charge in [0.25, 0.3) is 0 Å². The maximum Gasteiger partial charge on any atom is 0.490 e. The molecule has 0 saturated heterocycles. The van der Waals surface area contributed by atoms with E-state index >= 15 is 0 Å². The van der Waals surface area contributed by atoms with Gasteiger partial charge >= 0.3 is 7.12 Å². The number of nitrogen functional groups attached to an aromatic ring is 1. The first-order valence-corrected chi connectivity index (χ1v) is 4.04. The molecule has 0 bridgehead atoms. The van der Waals surface area contributed by atoms with Gasteiger partial charge < -0.3 is 15.8 Å². The molecular weight excluding hydrogens is 165 g/mol. The molecule has 0 fully saturated rings. The second kappa shape index (κ2) is 4.12. The fourth-order valence-electron chi connectivity index (χ4n) is 1.15. The molecule has 0 radical (unpaired) electrons. The molecule has 0 aromatic heterocycles. The molecule has 3 nitrogen and oxygen atoms in total. The van der Waals surface area contributed by atoms with Gasteiger partial charge in [-0.1, -0.05) is 30.4 Å². The molecule has 0 aliphatic rings. The van der Waals surface area contributed by atoms with Gasteiger partial charge in [0.2, 0.25) is 0 Å². The zero-order chi connectivity index (χ0) is 9.84. The van der Waals surface area contributed by atoms with Gasteiger partial charge in [0.05, 0.1) is 0 Å². The Morgan fingerprint density at radius 1 is 1.38 bits per heavy atom. The molecule has 0 amide bonds. The highest BCUT2D eigenvalue weighted by molar-refractivity contribution is 6.60. The van der Waals surface area contributed by atoms with Crippen LogP contribution in [0.25, 0.3) is 6.08 Å². The van der Waals surface area contributed by atoms with Crippen LogP contribution in [0.5, 0.6) is 0 Å². The molecule has 1 aromatic rings. The van der Waals surface area contributed by atoms with Crippen LogP contribution in [-0.4, -0.2) is 17.2 Å². The Balaban J connectivity index is 3.18. The summed E-state index contributed by atoms with van der Waals surface area (Å²) in [4.78, 5) is 0. The SMILES string of the molecule is C/C=C\c1cccc(B(O)O)c1N. The van der Waals surface area contributed by atoms with Crippen molar-refractivity contribution in [2.45, 2.75) is 6.92 Å². The molecule has 0 aliphatic carbocycles. The Morgan fingerprint density at radius 2 is 2.08 bits per heavy atom. The van der Waals surface area contributed by atoms with E-state index in [0.29, 0.717) is 11.2 Å². The first-order valence-electron chi connectivity index (χ1n) is 4.04. The van der Waals surface area contributed by atoms with Gasteiger partial charge in [-0.3, -0.25) is 0 Å². The van der Waals surface area contributed by atoms with E-state index in [-0.39, 0.29) is 0 Å². The van der Waals surface area contributed by atoms with Crippen molar-refractivity contribution in [1.29, 1.82) is 0 Å². The lowest BCUT2D eigenvalue weighted by atomic mass is 9.78. The van der Waals surface area contributed by atoms with E-state index in [4.69, 9.17) is 15.8 Å². The molecular formula is C9H12BNO2. The zero-order valence-corrected chi connectivity index (χ0v) is 7.44. The molecule has 68 valence electrons. The van der Waals surface area contributed by atoms with Crippen LogP contribution in [0.2, 0.25) is 0 Å². The van der Waals surface area contributed by atoms with Gasteiger partial charge in [-0.25, -0.2) is 0 Å². The first-order chi connectivity index (χ1) is 6.16. The predicted octanol–water partition coefficient (Wildman–Crippen LogP) is -0.0183. The van der Waals surface area contributed by atoms with Crippen LogP contribution in [0, 0.1) is 0 Å². The molecule has 1 rings (SSSR count). The molecule has 0 atom stereocenters. The van der Waals surface area contributed by atoms with Crippen LogP contribution in [0.3, 0.4) is 0 Å². The summed E-state index contributed by atoms with van der Waals surface area (Å²) in [6, 6.07) is 5.15. The third-order valence-corrected chi connectivity index (χ3v) is 1.80. The van der Waals surface area contributed by atoms with Crippen molar-refractivity contribution in [2.75, 3.05) is 5.73 Å². The predicted molar refractivity (Wildman–Crippen MR) is 55.4 cm³/mol. The maximum absolute atomic E-state index is 8.95. The quantitative estimate of drug-likeness (QED) is 0.439. The highest BCUT2D eigenvalue weighted by atomic mass is 16.4. The summed E-state index contributed by atoms with van der Waals surface area (Å²) in [5.41, 5.74) is 7.25. The minimum atomic E-state index is -1.51. The number of rotatable bonds is 2. The second-order valence-electron chi connectivity index (χ2n) is 2.72. The smallest absolute Gasteiger partial charge is 0.423 e. The van der Waals surface area contributed by atoms with E-state index in [9.17, 15) is 0 Å². The van der Waals surface area contributed by atoms with Crippen molar-refractivity contribution in [2.24, 2.45) is 0 Å². The maximum atomic E-state index is 8.95. The lowest BCUT2D eigenvalue weighted by molar-refractivity contribution is 0.426. The third kappa shape index (κ3) is 2.11. The fraction of sp³-hybridized carbons (Fsp3) is 0.111. The van der Waals surface area contributed by atoms with E-state index in [1.165, 1.54) is 0 Å². The minimum Gasteiger partial charge on any atom is -0.423 e. The van der Waals surface area contributed by atoms with Crippen LogP contribution < -0.4 is 11.2 Å². The van der Waals surface area contributed by atoms with Crippen LogP contribution in [0.1, 0.15) is 12.5 Å². The van der Waals surface area contributed by atoms with Crippen LogP contribution in [0.15, 0.2) is 24.3 Å². The Hall–Kier alpha value is -1.26. The summed E-state index contributed by atoms with van der Waals surface area (Å²) in [6.07, 6.45) is 3.67. The van der Waals surface area contributed by atoms with Gasteiger partial charge in [0.1, 0.15) is 0 Å². The lowest BCUT2D eigenvalue weighted by Gasteiger charge is -2.06. The monoisotopic (exact) mass is 177 g/mol. The fourth-order valence-corrected chi connectivity index (χ4v) is 1.15. The van der Waals surface area contributed by atoms with Gasteiger partial charge in [-0.15, -0.1) is 0 Å². The minimum absolute atomic E-state index is 0.343. The van der Waals surface area contributed by atoms with E-state index in [2.05, 4.69) is 0 Å². The topological polar surface area (TPSA) is 66.5 Å². The molecule has 0 spiro atoms. The summed E-state index contributed by atoms with van der Waals surface area (Å²) in [5.74, 6) is 0. The van der Waals surface area contributed by atoms with Crippen molar-refractivity contribution in [3.63, 3.8) is 0 Å². The molecule has 0 saturated carbocycles. The molecule has 1 aromatic carbocycles. The summed E-state index contributed by atoms with van der Waals surface area (Å²) in [7, 11) is -1.51. The van der Waals surface area contributed by atoms with Gasteiger partial charge in [-0.2, -0.15) is 0 Å². The summed E-state index contributed by atoms with van der Waals surface area (Å²) in [6.45, 7) is 1.88. The number of allylic oxidation sites excluding steroid dienone is 1. The highest BCUT2D eigenvalue weighted by Gasteiger charge is 2.15. The van der Waals surface area contributed by atoms with Gasteiger partial charge in [0.15, 0.2) is 0 Å². The van der Waals surface area contributed by atoms with E-state index in [1.54, 1.807) is 12.1 Å². The molecule has 0 aliphatic heterocycles. The average molecular weight is 177 g/mol. The van der Waals surface area contributed by atoms with Gasteiger partial charge in [0, 0.05) is 11.2 Å². The normalized spacial score (nSPS) is 10.7. The summed E-state index contributed by atoms with van der Waals surface area (Å²) >= 11 is 0. The molecule has 4 N–H and O–H groups in total. The van der Waals surface area contributed by atoms with Crippen LogP contribution in [0.4, 0.5) is 5.69 Å². The highest BCUT2D eigenvalue weighted by Crippen LogP contribution is 2.10. The zero-order valence-electron chi connectivity index (χ0n) is 7.44. The molecule has 0 unspecified atom stereocenters. The van der Waals surface area contributed by atoms with Crippen molar-refractivity contribution >= 4 is 24.3 Å². The standard InChI is InChI=1S/C9H12BNO2/c1-2-4-7-5-3-6-8(9(7)11)10(12)13/h2-6,12-13H,11H2,1H3/b4-2-. The largest absolute Gasteiger partial charge is 0.490 e. The van der Waals surface area contributed by atoms with E-state index in [0.717, 1.165) is 5.56 Å². The Bertz CT molecular complexity index is 323. The Morgan fingerprint density at radius 3 is 2.62 bits per heavy atom. The van der Waals surface area contributed by atoms with Gasteiger partial charge in [-0.05, 0) is 12.5 Å². The number of para-hydroxylation sites is 1. The summed E-state index contributed by atoms with van der Waals surface area (Å²) < 4.78 is 0. The van der Waals surface area contributed by atoms with Crippen LogP contribution in [-0.2, 0) is 0 Å². The molecule has 0 heterocycles.